The van der Waals surface area contributed by atoms with Gasteiger partial charge in [0.1, 0.15) is 29.6 Å². The Balaban J connectivity index is 1.66. The number of carboxylic acid groups (broad SMARTS) is 1. The van der Waals surface area contributed by atoms with Crippen LogP contribution in [-0.4, -0.2) is 22.6 Å². The fourth-order valence-corrected chi connectivity index (χ4v) is 3.96. The highest BCUT2D eigenvalue weighted by atomic mass is 19.4. The standard InChI is InChI=1S/C28H24F3NO5/c1-17(2)27-22(26(32-37-27)21-8-4-6-10-24(21)36-28(29,30)31)16-35-23-9-5-3-7-20(23)19-13-11-18(12-14-19)15-25(33)34/h3-14,17H,15-16H2,1-2H3,(H,33,34). The van der Waals surface area contributed by atoms with Crippen molar-refractivity contribution in [2.45, 2.75) is 39.2 Å². The number of hydrogen-bond donors (Lipinski definition) is 1. The first-order chi connectivity index (χ1) is 17.6. The van der Waals surface area contributed by atoms with E-state index in [9.17, 15) is 18.0 Å². The van der Waals surface area contributed by atoms with Gasteiger partial charge in [0.05, 0.1) is 12.0 Å². The average Bonchev–Trinajstić information content (AvgIpc) is 3.26. The molecule has 0 atom stereocenters. The highest BCUT2D eigenvalue weighted by Gasteiger charge is 2.33. The van der Waals surface area contributed by atoms with Crippen molar-refractivity contribution >= 4 is 5.97 Å². The zero-order valence-electron chi connectivity index (χ0n) is 20.1. The summed E-state index contributed by atoms with van der Waals surface area (Å²) in [4.78, 5) is 11.0. The number of aromatic nitrogens is 1. The van der Waals surface area contributed by atoms with Crippen LogP contribution >= 0.6 is 0 Å². The lowest BCUT2D eigenvalue weighted by Crippen LogP contribution is -2.17. The van der Waals surface area contributed by atoms with Crippen LogP contribution in [0.3, 0.4) is 0 Å². The van der Waals surface area contributed by atoms with Crippen LogP contribution in [0.15, 0.2) is 77.3 Å². The van der Waals surface area contributed by atoms with Gasteiger partial charge in [-0.3, -0.25) is 4.79 Å². The number of halogens is 3. The van der Waals surface area contributed by atoms with Crippen LogP contribution in [0.1, 0.15) is 36.7 Å². The number of benzene rings is 3. The lowest BCUT2D eigenvalue weighted by atomic mass is 10.0. The summed E-state index contributed by atoms with van der Waals surface area (Å²) in [6, 6.07) is 20.2. The molecule has 0 spiro atoms. The third-order valence-corrected chi connectivity index (χ3v) is 5.59. The molecule has 9 heteroatoms. The molecule has 4 rings (SSSR count). The van der Waals surface area contributed by atoms with Crippen molar-refractivity contribution < 1.29 is 37.1 Å². The lowest BCUT2D eigenvalue weighted by Gasteiger charge is -2.15. The van der Waals surface area contributed by atoms with Crippen LogP contribution in [0.25, 0.3) is 22.4 Å². The van der Waals surface area contributed by atoms with E-state index in [-0.39, 0.29) is 36.0 Å². The largest absolute Gasteiger partial charge is 0.573 e. The first-order valence-corrected chi connectivity index (χ1v) is 11.5. The molecule has 0 fully saturated rings. The van der Waals surface area contributed by atoms with E-state index >= 15 is 0 Å². The van der Waals surface area contributed by atoms with Gasteiger partial charge in [-0.05, 0) is 29.3 Å². The molecule has 192 valence electrons. The molecule has 1 aromatic heterocycles. The van der Waals surface area contributed by atoms with E-state index in [2.05, 4.69) is 9.89 Å². The number of carbonyl (C=O) groups is 1. The molecule has 0 aliphatic heterocycles. The van der Waals surface area contributed by atoms with Crippen molar-refractivity contribution in [3.05, 3.63) is 89.7 Å². The molecule has 0 saturated heterocycles. The number of hydrogen-bond acceptors (Lipinski definition) is 5. The topological polar surface area (TPSA) is 81.8 Å². The Morgan fingerprint density at radius 3 is 2.19 bits per heavy atom. The minimum atomic E-state index is -4.86. The molecule has 1 N–H and O–H groups in total. The fourth-order valence-electron chi connectivity index (χ4n) is 3.96. The van der Waals surface area contributed by atoms with Crippen molar-refractivity contribution in [1.29, 1.82) is 0 Å². The zero-order valence-corrected chi connectivity index (χ0v) is 20.1. The van der Waals surface area contributed by atoms with Gasteiger partial charge in [-0.15, -0.1) is 13.2 Å². The summed E-state index contributed by atoms with van der Waals surface area (Å²) in [5.41, 5.74) is 3.12. The van der Waals surface area contributed by atoms with Crippen LogP contribution in [0.2, 0.25) is 0 Å². The second-order valence-corrected chi connectivity index (χ2v) is 8.62. The van der Waals surface area contributed by atoms with Crippen LogP contribution in [0.4, 0.5) is 13.2 Å². The van der Waals surface area contributed by atoms with E-state index in [1.807, 2.05) is 44.2 Å². The number of rotatable bonds is 9. The summed E-state index contributed by atoms with van der Waals surface area (Å²) >= 11 is 0. The van der Waals surface area contributed by atoms with Crippen molar-refractivity contribution in [1.82, 2.24) is 5.16 Å². The third-order valence-electron chi connectivity index (χ3n) is 5.59. The van der Waals surface area contributed by atoms with Gasteiger partial charge in [0.15, 0.2) is 0 Å². The summed E-state index contributed by atoms with van der Waals surface area (Å²) in [6.07, 6.45) is -4.94. The number of carboxylic acids is 1. The number of aliphatic carboxylic acids is 1. The van der Waals surface area contributed by atoms with Crippen molar-refractivity contribution in [3.8, 4) is 33.9 Å². The predicted octanol–water partition coefficient (Wildman–Crippen LogP) is 7.24. The monoisotopic (exact) mass is 511 g/mol. The van der Waals surface area contributed by atoms with Gasteiger partial charge in [-0.25, -0.2) is 0 Å². The molecular weight excluding hydrogens is 487 g/mol. The van der Waals surface area contributed by atoms with E-state index in [1.165, 1.54) is 18.2 Å². The summed E-state index contributed by atoms with van der Waals surface area (Å²) in [7, 11) is 0. The van der Waals surface area contributed by atoms with Crippen LogP contribution in [0.5, 0.6) is 11.5 Å². The Labute approximate surface area is 211 Å². The van der Waals surface area contributed by atoms with Crippen LogP contribution < -0.4 is 9.47 Å². The zero-order chi connectivity index (χ0) is 26.6. The normalized spacial score (nSPS) is 11.5. The molecule has 1 heterocycles. The smallest absolute Gasteiger partial charge is 0.488 e. The predicted molar refractivity (Wildman–Crippen MR) is 130 cm³/mol. The Hall–Kier alpha value is -4.27. The Morgan fingerprint density at radius 2 is 1.57 bits per heavy atom. The molecule has 3 aromatic carbocycles. The molecule has 0 unspecified atom stereocenters. The van der Waals surface area contributed by atoms with Gasteiger partial charge in [0.2, 0.25) is 0 Å². The van der Waals surface area contributed by atoms with E-state index in [4.69, 9.17) is 14.4 Å². The van der Waals surface area contributed by atoms with E-state index in [0.717, 1.165) is 11.1 Å². The van der Waals surface area contributed by atoms with Crippen molar-refractivity contribution in [2.75, 3.05) is 0 Å². The summed E-state index contributed by atoms with van der Waals surface area (Å²) < 4.78 is 55.0. The molecule has 0 aliphatic rings. The number of para-hydroxylation sites is 2. The Morgan fingerprint density at radius 1 is 0.946 bits per heavy atom. The molecule has 0 aliphatic carbocycles. The van der Waals surface area contributed by atoms with Crippen LogP contribution in [-0.2, 0) is 17.8 Å². The second kappa shape index (κ2) is 10.8. The van der Waals surface area contributed by atoms with Gasteiger partial charge in [-0.2, -0.15) is 0 Å². The third kappa shape index (κ3) is 6.30. The van der Waals surface area contributed by atoms with Crippen molar-refractivity contribution in [2.24, 2.45) is 0 Å². The highest BCUT2D eigenvalue weighted by Crippen LogP contribution is 2.38. The molecule has 4 aromatic rings. The quantitative estimate of drug-likeness (QED) is 0.255. The van der Waals surface area contributed by atoms with E-state index in [1.54, 1.807) is 24.3 Å². The first kappa shape index (κ1) is 25.8. The summed E-state index contributed by atoms with van der Waals surface area (Å²) in [6.45, 7) is 3.76. The summed E-state index contributed by atoms with van der Waals surface area (Å²) in [5, 5.41) is 13.1. The number of nitrogens with zero attached hydrogens (tertiary/aromatic N) is 1. The minimum Gasteiger partial charge on any atom is -0.488 e. The number of ether oxygens (including phenoxy) is 2. The highest BCUT2D eigenvalue weighted by molar-refractivity contribution is 5.73. The minimum absolute atomic E-state index is 0.0131. The van der Waals surface area contributed by atoms with Crippen molar-refractivity contribution in [3.63, 3.8) is 0 Å². The molecule has 6 nitrogen and oxygen atoms in total. The van der Waals surface area contributed by atoms with E-state index in [0.29, 0.717) is 22.6 Å². The number of alkyl halides is 3. The fraction of sp³-hybridized carbons (Fsp3) is 0.214. The molecule has 0 radical (unpaired) electrons. The van der Waals surface area contributed by atoms with Gasteiger partial charge < -0.3 is 19.1 Å². The molecule has 0 amide bonds. The maximum absolute atomic E-state index is 13.0. The van der Waals surface area contributed by atoms with Crippen LogP contribution in [0, 0.1) is 0 Å². The van der Waals surface area contributed by atoms with E-state index < -0.39 is 12.3 Å². The molecular formula is C28H24F3NO5. The molecule has 0 saturated carbocycles. The Kier molecular flexibility index (Phi) is 7.52. The molecule has 37 heavy (non-hydrogen) atoms. The average molecular weight is 511 g/mol. The van der Waals surface area contributed by atoms with Gasteiger partial charge in [0, 0.05) is 17.0 Å². The maximum Gasteiger partial charge on any atom is 0.573 e. The molecule has 0 bridgehead atoms. The SMILES string of the molecule is CC(C)c1onc(-c2ccccc2OC(F)(F)F)c1COc1ccccc1-c1ccc(CC(=O)O)cc1. The first-order valence-electron chi connectivity index (χ1n) is 11.5. The van der Waals surface area contributed by atoms with Gasteiger partial charge >= 0.3 is 12.3 Å². The summed E-state index contributed by atoms with van der Waals surface area (Å²) in [5.74, 6) is -0.374. The maximum atomic E-state index is 13.0. The van der Waals surface area contributed by atoms with Gasteiger partial charge in [-0.1, -0.05) is 73.6 Å². The lowest BCUT2D eigenvalue weighted by molar-refractivity contribution is -0.274. The van der Waals surface area contributed by atoms with Gasteiger partial charge in [0.25, 0.3) is 0 Å². The second-order valence-electron chi connectivity index (χ2n) is 8.62. The Bertz CT molecular complexity index is 1380.